The second kappa shape index (κ2) is 7.70. The molecule has 0 aromatic rings. The van der Waals surface area contributed by atoms with Gasteiger partial charge in [-0.05, 0) is 43.4 Å². The molecule has 0 amide bonds. The number of nitrogens with one attached hydrogen (secondary N) is 1. The van der Waals surface area contributed by atoms with Gasteiger partial charge in [0.1, 0.15) is 0 Å². The van der Waals surface area contributed by atoms with Crippen molar-refractivity contribution in [2.45, 2.75) is 51.9 Å². The number of guanidine groups is 1. The fraction of sp³-hybridized carbons (Fsp3) is 0.933. The van der Waals surface area contributed by atoms with Crippen molar-refractivity contribution >= 4 is 29.9 Å². The zero-order valence-corrected chi connectivity index (χ0v) is 15.1. The minimum absolute atomic E-state index is 0. The van der Waals surface area contributed by atoms with Crippen LogP contribution in [0.1, 0.15) is 51.9 Å². The van der Waals surface area contributed by atoms with E-state index in [-0.39, 0.29) is 24.0 Å². The van der Waals surface area contributed by atoms with Crippen LogP contribution in [0.15, 0.2) is 4.99 Å². The molecule has 0 aromatic heterocycles. The first-order valence-corrected chi connectivity index (χ1v) is 7.63. The SMILES string of the molecule is CCCCN(C)C(=NC)NCC1(C2CC2)CCC1.I. The molecule has 2 aliphatic carbocycles. The van der Waals surface area contributed by atoms with E-state index < -0.39 is 0 Å². The van der Waals surface area contributed by atoms with E-state index in [0.717, 1.165) is 25.0 Å². The highest BCUT2D eigenvalue weighted by atomic mass is 127. The first-order valence-electron chi connectivity index (χ1n) is 7.63. The van der Waals surface area contributed by atoms with Crippen LogP contribution in [-0.4, -0.2) is 38.0 Å². The van der Waals surface area contributed by atoms with Crippen LogP contribution < -0.4 is 5.32 Å². The predicted octanol–water partition coefficient (Wildman–Crippen LogP) is 3.49. The molecule has 0 heterocycles. The van der Waals surface area contributed by atoms with Crippen LogP contribution in [0.25, 0.3) is 0 Å². The van der Waals surface area contributed by atoms with Gasteiger partial charge in [-0.15, -0.1) is 24.0 Å². The number of hydrogen-bond donors (Lipinski definition) is 1. The maximum atomic E-state index is 4.41. The Labute approximate surface area is 135 Å². The molecule has 112 valence electrons. The lowest BCUT2D eigenvalue weighted by Crippen LogP contribution is -2.48. The average Bonchev–Trinajstić information content (AvgIpc) is 3.14. The van der Waals surface area contributed by atoms with Gasteiger partial charge in [-0.2, -0.15) is 0 Å². The largest absolute Gasteiger partial charge is 0.356 e. The van der Waals surface area contributed by atoms with Crippen molar-refractivity contribution < 1.29 is 0 Å². The molecular weight excluding hydrogens is 349 g/mol. The fourth-order valence-electron chi connectivity index (χ4n) is 3.20. The molecule has 1 N–H and O–H groups in total. The minimum Gasteiger partial charge on any atom is -0.356 e. The van der Waals surface area contributed by atoms with E-state index in [0.29, 0.717) is 5.41 Å². The van der Waals surface area contributed by atoms with Gasteiger partial charge in [-0.1, -0.05) is 19.8 Å². The van der Waals surface area contributed by atoms with Gasteiger partial charge >= 0.3 is 0 Å². The summed E-state index contributed by atoms with van der Waals surface area (Å²) in [5.41, 5.74) is 0.627. The van der Waals surface area contributed by atoms with Crippen molar-refractivity contribution in [3.63, 3.8) is 0 Å². The van der Waals surface area contributed by atoms with Crippen LogP contribution in [0.2, 0.25) is 0 Å². The Bertz CT molecular complexity index is 296. The number of unbranched alkanes of at least 4 members (excludes halogenated alkanes) is 1. The molecule has 2 aliphatic rings. The Morgan fingerprint density at radius 1 is 1.37 bits per heavy atom. The molecule has 2 rings (SSSR count). The van der Waals surface area contributed by atoms with Crippen molar-refractivity contribution in [2.75, 3.05) is 27.2 Å². The molecule has 19 heavy (non-hydrogen) atoms. The first kappa shape index (κ1) is 17.1. The third kappa shape index (κ3) is 4.23. The monoisotopic (exact) mass is 379 g/mol. The lowest BCUT2D eigenvalue weighted by molar-refractivity contribution is 0.105. The highest BCUT2D eigenvalue weighted by Crippen LogP contribution is 2.56. The molecule has 2 saturated carbocycles. The van der Waals surface area contributed by atoms with Gasteiger partial charge in [-0.3, -0.25) is 4.99 Å². The summed E-state index contributed by atoms with van der Waals surface area (Å²) in [5.74, 6) is 2.09. The average molecular weight is 379 g/mol. The van der Waals surface area contributed by atoms with Crippen LogP contribution in [0.4, 0.5) is 0 Å². The molecule has 3 nitrogen and oxygen atoms in total. The Balaban J connectivity index is 0.00000180. The Hall–Kier alpha value is 0. The quantitative estimate of drug-likeness (QED) is 0.435. The van der Waals surface area contributed by atoms with Crippen LogP contribution in [0, 0.1) is 11.3 Å². The smallest absolute Gasteiger partial charge is 0.193 e. The summed E-state index contributed by atoms with van der Waals surface area (Å²) in [6, 6.07) is 0. The van der Waals surface area contributed by atoms with E-state index in [2.05, 4.69) is 29.2 Å². The van der Waals surface area contributed by atoms with Gasteiger partial charge in [0, 0.05) is 27.2 Å². The van der Waals surface area contributed by atoms with Gasteiger partial charge in [-0.25, -0.2) is 0 Å². The molecule has 0 spiro atoms. The molecule has 0 unspecified atom stereocenters. The summed E-state index contributed by atoms with van der Waals surface area (Å²) in [7, 11) is 4.05. The minimum atomic E-state index is 0. The van der Waals surface area contributed by atoms with Crippen molar-refractivity contribution in [3.05, 3.63) is 0 Å². The lowest BCUT2D eigenvalue weighted by Gasteiger charge is -2.43. The molecule has 4 heteroatoms. The molecule has 0 radical (unpaired) electrons. The summed E-state index contributed by atoms with van der Waals surface area (Å²) < 4.78 is 0. The second-order valence-electron chi connectivity index (χ2n) is 6.17. The van der Waals surface area contributed by atoms with Crippen molar-refractivity contribution in [1.82, 2.24) is 10.2 Å². The summed E-state index contributed by atoms with van der Waals surface area (Å²) in [5, 5.41) is 3.62. The number of halogens is 1. The fourth-order valence-corrected chi connectivity index (χ4v) is 3.20. The maximum Gasteiger partial charge on any atom is 0.193 e. The van der Waals surface area contributed by atoms with Gasteiger partial charge in [0.2, 0.25) is 0 Å². The molecule has 0 aromatic carbocycles. The summed E-state index contributed by atoms with van der Waals surface area (Å²) in [6.45, 7) is 4.48. The lowest BCUT2D eigenvalue weighted by atomic mass is 9.65. The van der Waals surface area contributed by atoms with Gasteiger partial charge < -0.3 is 10.2 Å². The Kier molecular flexibility index (Phi) is 6.91. The summed E-state index contributed by atoms with van der Waals surface area (Å²) in [6.07, 6.45) is 9.71. The van der Waals surface area contributed by atoms with Crippen molar-refractivity contribution in [2.24, 2.45) is 16.3 Å². The zero-order chi connectivity index (χ0) is 13.0. The topological polar surface area (TPSA) is 27.6 Å². The van der Waals surface area contributed by atoms with E-state index in [1.54, 1.807) is 0 Å². The number of rotatable bonds is 6. The first-order chi connectivity index (χ1) is 8.72. The molecule has 0 aliphatic heterocycles. The molecule has 2 fully saturated rings. The zero-order valence-electron chi connectivity index (χ0n) is 12.7. The molecule has 0 atom stereocenters. The number of hydrogen-bond acceptors (Lipinski definition) is 1. The number of nitrogens with zero attached hydrogens (tertiary/aromatic N) is 2. The van der Waals surface area contributed by atoms with Crippen LogP contribution in [0.5, 0.6) is 0 Å². The van der Waals surface area contributed by atoms with E-state index in [4.69, 9.17) is 0 Å². The van der Waals surface area contributed by atoms with E-state index >= 15 is 0 Å². The van der Waals surface area contributed by atoms with E-state index in [1.807, 2.05) is 7.05 Å². The van der Waals surface area contributed by atoms with Crippen LogP contribution in [-0.2, 0) is 0 Å². The second-order valence-corrected chi connectivity index (χ2v) is 6.17. The van der Waals surface area contributed by atoms with Crippen molar-refractivity contribution in [3.8, 4) is 0 Å². The van der Waals surface area contributed by atoms with Crippen LogP contribution >= 0.6 is 24.0 Å². The Morgan fingerprint density at radius 3 is 2.47 bits per heavy atom. The van der Waals surface area contributed by atoms with E-state index in [9.17, 15) is 0 Å². The molecule has 0 bridgehead atoms. The highest BCUT2D eigenvalue weighted by Gasteiger charge is 2.48. The van der Waals surface area contributed by atoms with Crippen LogP contribution in [0.3, 0.4) is 0 Å². The number of aliphatic imine (C=N–C) groups is 1. The normalized spacial score (nSPS) is 21.3. The van der Waals surface area contributed by atoms with Crippen molar-refractivity contribution in [1.29, 1.82) is 0 Å². The van der Waals surface area contributed by atoms with Gasteiger partial charge in [0.05, 0.1) is 0 Å². The molecular formula is C15H30IN3. The third-order valence-electron chi connectivity index (χ3n) is 4.81. The molecule has 0 saturated heterocycles. The standard InChI is InChI=1S/C15H29N3.HI/c1-4-5-11-18(3)14(16-2)17-12-15(9-6-10-15)13-7-8-13;/h13H,4-12H2,1-3H3,(H,16,17);1H. The Morgan fingerprint density at radius 2 is 2.05 bits per heavy atom. The maximum absolute atomic E-state index is 4.41. The summed E-state index contributed by atoms with van der Waals surface area (Å²) in [4.78, 5) is 6.68. The van der Waals surface area contributed by atoms with E-state index in [1.165, 1.54) is 44.9 Å². The summed E-state index contributed by atoms with van der Waals surface area (Å²) >= 11 is 0. The third-order valence-corrected chi connectivity index (χ3v) is 4.81. The highest BCUT2D eigenvalue weighted by molar-refractivity contribution is 14.0. The van der Waals surface area contributed by atoms with Gasteiger partial charge in [0.15, 0.2) is 5.96 Å². The predicted molar refractivity (Wildman–Crippen MR) is 93.3 cm³/mol. The van der Waals surface area contributed by atoms with Gasteiger partial charge in [0.25, 0.3) is 0 Å².